The van der Waals surface area contributed by atoms with Gasteiger partial charge in [0.15, 0.2) is 5.76 Å². The van der Waals surface area contributed by atoms with Gasteiger partial charge in [0.1, 0.15) is 0 Å². The summed E-state index contributed by atoms with van der Waals surface area (Å²) in [7, 11) is -0.789. The van der Waals surface area contributed by atoms with Gasteiger partial charge in [0.25, 0.3) is 15.9 Å². The van der Waals surface area contributed by atoms with E-state index in [0.29, 0.717) is 24.9 Å². The van der Waals surface area contributed by atoms with Crippen molar-refractivity contribution in [2.45, 2.75) is 17.9 Å². The molecule has 0 aliphatic carbocycles. The molecule has 3 heterocycles. The second-order valence-corrected chi connectivity index (χ2v) is 8.54. The quantitative estimate of drug-likeness (QED) is 0.871. The van der Waals surface area contributed by atoms with E-state index in [4.69, 9.17) is 4.42 Å². The molecule has 1 aromatic rings. The second-order valence-electron chi connectivity index (χ2n) is 6.45. The monoisotopic (exact) mass is 341 g/mol. The van der Waals surface area contributed by atoms with Gasteiger partial charge in [-0.2, -0.15) is 0 Å². The zero-order valence-corrected chi connectivity index (χ0v) is 14.3. The van der Waals surface area contributed by atoms with Crippen molar-refractivity contribution in [1.29, 1.82) is 0 Å². The summed E-state index contributed by atoms with van der Waals surface area (Å²) in [5.74, 6) is 1.14. The summed E-state index contributed by atoms with van der Waals surface area (Å²) >= 11 is 0. The van der Waals surface area contributed by atoms with Crippen LogP contribution in [0.15, 0.2) is 21.6 Å². The third-order valence-corrected chi connectivity index (χ3v) is 6.52. The molecule has 2 aliphatic heterocycles. The molecule has 0 bridgehead atoms. The highest BCUT2D eigenvalue weighted by molar-refractivity contribution is 7.88. The summed E-state index contributed by atoms with van der Waals surface area (Å²) < 4.78 is 30.5. The minimum atomic E-state index is -3.65. The van der Waals surface area contributed by atoms with Gasteiger partial charge in [0, 0.05) is 27.2 Å². The van der Waals surface area contributed by atoms with Crippen LogP contribution in [-0.2, 0) is 10.0 Å². The Labute approximate surface area is 136 Å². The van der Waals surface area contributed by atoms with Crippen molar-refractivity contribution >= 4 is 15.9 Å². The maximum Gasteiger partial charge on any atom is 0.289 e. The van der Waals surface area contributed by atoms with E-state index in [2.05, 4.69) is 5.32 Å². The van der Waals surface area contributed by atoms with E-state index in [9.17, 15) is 13.2 Å². The molecule has 1 aromatic heterocycles. The lowest BCUT2D eigenvalue weighted by atomic mass is 9.92. The molecule has 2 aliphatic rings. The van der Waals surface area contributed by atoms with Crippen molar-refractivity contribution in [1.82, 2.24) is 14.5 Å². The van der Waals surface area contributed by atoms with E-state index < -0.39 is 10.0 Å². The van der Waals surface area contributed by atoms with Gasteiger partial charge < -0.3 is 14.6 Å². The van der Waals surface area contributed by atoms with Gasteiger partial charge in [-0.05, 0) is 49.9 Å². The molecule has 2 atom stereocenters. The first-order valence-electron chi connectivity index (χ1n) is 7.92. The summed E-state index contributed by atoms with van der Waals surface area (Å²) in [4.78, 5) is 14.4. The Morgan fingerprint density at radius 2 is 1.83 bits per heavy atom. The Bertz CT molecular complexity index is 669. The first-order chi connectivity index (χ1) is 10.9. The van der Waals surface area contributed by atoms with Crippen molar-refractivity contribution in [3.05, 3.63) is 17.9 Å². The maximum absolute atomic E-state index is 12.6. The standard InChI is InChI=1S/C15H23N3O4S/c1-17(2)23(20,21)14-4-3-13(22-14)15(19)18-7-5-11-9-16-10-12(11)6-8-18/h3-4,11-12,16H,5-10H2,1-2H3/t11-,12+. The molecule has 2 saturated heterocycles. The van der Waals surface area contributed by atoms with E-state index in [1.807, 2.05) is 0 Å². The van der Waals surface area contributed by atoms with Gasteiger partial charge in [-0.1, -0.05) is 0 Å². The fourth-order valence-electron chi connectivity index (χ4n) is 3.33. The van der Waals surface area contributed by atoms with Gasteiger partial charge in [0.2, 0.25) is 5.09 Å². The third kappa shape index (κ3) is 3.15. The molecule has 0 radical (unpaired) electrons. The fraction of sp³-hybridized carbons (Fsp3) is 0.667. The highest BCUT2D eigenvalue weighted by atomic mass is 32.2. The van der Waals surface area contributed by atoms with Gasteiger partial charge >= 0.3 is 0 Å². The largest absolute Gasteiger partial charge is 0.438 e. The molecule has 2 fully saturated rings. The van der Waals surface area contributed by atoms with E-state index >= 15 is 0 Å². The summed E-state index contributed by atoms with van der Waals surface area (Å²) in [6, 6.07) is 2.80. The number of furan rings is 1. The molecule has 7 nitrogen and oxygen atoms in total. The lowest BCUT2D eigenvalue weighted by molar-refractivity contribution is 0.0720. The summed E-state index contributed by atoms with van der Waals surface area (Å²) in [6.07, 6.45) is 1.96. The number of hydrogen-bond donors (Lipinski definition) is 1. The Hall–Kier alpha value is -1.38. The molecule has 1 amide bonds. The zero-order valence-electron chi connectivity index (χ0n) is 13.5. The summed E-state index contributed by atoms with van der Waals surface area (Å²) in [5, 5.41) is 3.21. The Morgan fingerprint density at radius 3 is 2.39 bits per heavy atom. The average molecular weight is 341 g/mol. The number of sulfonamides is 1. The number of amides is 1. The van der Waals surface area contributed by atoms with Crippen molar-refractivity contribution in [3.8, 4) is 0 Å². The Morgan fingerprint density at radius 1 is 1.22 bits per heavy atom. The minimum Gasteiger partial charge on any atom is -0.438 e. The third-order valence-electron chi connectivity index (χ3n) is 4.83. The van der Waals surface area contributed by atoms with Gasteiger partial charge in [-0.3, -0.25) is 4.79 Å². The number of fused-ring (bicyclic) bond motifs is 1. The molecule has 23 heavy (non-hydrogen) atoms. The highest BCUT2D eigenvalue weighted by Crippen LogP contribution is 2.28. The molecule has 0 aromatic carbocycles. The lowest BCUT2D eigenvalue weighted by Crippen LogP contribution is -2.32. The van der Waals surface area contributed by atoms with Crippen molar-refractivity contribution in [2.24, 2.45) is 11.8 Å². The Kier molecular flexibility index (Phi) is 4.48. The number of hydrogen-bond acceptors (Lipinski definition) is 5. The molecule has 1 N–H and O–H groups in total. The maximum atomic E-state index is 12.6. The predicted molar refractivity (Wildman–Crippen MR) is 84.6 cm³/mol. The van der Waals surface area contributed by atoms with Crippen LogP contribution in [0.2, 0.25) is 0 Å². The van der Waals surface area contributed by atoms with Crippen molar-refractivity contribution in [2.75, 3.05) is 40.3 Å². The number of carbonyl (C=O) groups excluding carboxylic acids is 1. The molecule has 0 saturated carbocycles. The van der Waals surface area contributed by atoms with E-state index in [1.165, 1.54) is 26.2 Å². The van der Waals surface area contributed by atoms with Gasteiger partial charge in [-0.15, -0.1) is 0 Å². The van der Waals surface area contributed by atoms with Crippen LogP contribution in [-0.4, -0.2) is 63.8 Å². The summed E-state index contributed by atoms with van der Waals surface area (Å²) in [6.45, 7) is 3.44. The normalized spacial score (nSPS) is 25.4. The average Bonchev–Trinajstić information content (AvgIpc) is 3.13. The molecule has 128 valence electrons. The molecule has 0 unspecified atom stereocenters. The van der Waals surface area contributed by atoms with Crippen LogP contribution in [0.25, 0.3) is 0 Å². The van der Waals surface area contributed by atoms with E-state index in [-0.39, 0.29) is 16.8 Å². The van der Waals surface area contributed by atoms with Crippen LogP contribution in [0.4, 0.5) is 0 Å². The van der Waals surface area contributed by atoms with Crippen LogP contribution in [0.3, 0.4) is 0 Å². The number of carbonyl (C=O) groups is 1. The minimum absolute atomic E-state index is 0.0932. The number of nitrogens with zero attached hydrogens (tertiary/aromatic N) is 2. The number of likely N-dealkylation sites (tertiary alicyclic amines) is 1. The molecule has 3 rings (SSSR count). The van der Waals surface area contributed by atoms with E-state index in [0.717, 1.165) is 30.2 Å². The van der Waals surface area contributed by atoms with Crippen molar-refractivity contribution in [3.63, 3.8) is 0 Å². The predicted octanol–water partition coefficient (Wildman–Crippen LogP) is 0.602. The lowest BCUT2D eigenvalue weighted by Gasteiger charge is -2.19. The van der Waals surface area contributed by atoms with Crippen LogP contribution in [0.5, 0.6) is 0 Å². The summed E-state index contributed by atoms with van der Waals surface area (Å²) in [5.41, 5.74) is 0. The topological polar surface area (TPSA) is 82.9 Å². The van der Waals surface area contributed by atoms with Crippen molar-refractivity contribution < 1.29 is 17.6 Å². The first-order valence-corrected chi connectivity index (χ1v) is 9.36. The highest BCUT2D eigenvalue weighted by Gasteiger charge is 2.33. The molecular formula is C15H23N3O4S. The molecule has 0 spiro atoms. The fourth-order valence-corrected chi connectivity index (χ4v) is 4.13. The van der Waals surface area contributed by atoms with Crippen LogP contribution < -0.4 is 5.32 Å². The zero-order chi connectivity index (χ0) is 16.6. The number of nitrogens with one attached hydrogen (secondary N) is 1. The molecular weight excluding hydrogens is 318 g/mol. The van der Waals surface area contributed by atoms with Crippen LogP contribution >= 0.6 is 0 Å². The first kappa shape index (κ1) is 16.5. The van der Waals surface area contributed by atoms with Gasteiger partial charge in [0.05, 0.1) is 0 Å². The second kappa shape index (κ2) is 6.26. The van der Waals surface area contributed by atoms with Gasteiger partial charge in [-0.25, -0.2) is 12.7 Å². The van der Waals surface area contributed by atoms with Crippen LogP contribution in [0, 0.1) is 11.8 Å². The number of rotatable bonds is 3. The molecule has 8 heteroatoms. The Balaban J connectivity index is 1.72. The van der Waals surface area contributed by atoms with E-state index in [1.54, 1.807) is 4.90 Å². The smallest absolute Gasteiger partial charge is 0.289 e. The van der Waals surface area contributed by atoms with Crippen LogP contribution in [0.1, 0.15) is 23.4 Å². The SMILES string of the molecule is CN(C)S(=O)(=O)c1ccc(C(=O)N2CC[C@@H]3CNC[C@@H]3CC2)o1.